The lowest BCUT2D eigenvalue weighted by Crippen LogP contribution is -2.32. The first-order chi connectivity index (χ1) is 7.46. The number of nitrogens with one attached hydrogen (secondary N) is 1. The highest BCUT2D eigenvalue weighted by Crippen LogP contribution is 2.15. The van der Waals surface area contributed by atoms with E-state index in [1.54, 1.807) is 13.2 Å². The van der Waals surface area contributed by atoms with Crippen LogP contribution in [0.1, 0.15) is 13.8 Å². The number of methoxy groups -OCH3 is 2. The number of nitrogen functional groups attached to an aromatic ring is 1. The van der Waals surface area contributed by atoms with Crippen molar-refractivity contribution in [2.75, 3.05) is 31.8 Å². The number of aromatic nitrogens is 2. The van der Waals surface area contributed by atoms with Crippen molar-refractivity contribution in [1.29, 1.82) is 0 Å². The Labute approximate surface area is 95.2 Å². The van der Waals surface area contributed by atoms with E-state index in [4.69, 9.17) is 15.2 Å². The summed E-state index contributed by atoms with van der Waals surface area (Å²) in [5, 5.41) is 3.12. The monoisotopic (exact) mass is 226 g/mol. The van der Waals surface area contributed by atoms with E-state index in [9.17, 15) is 0 Å². The van der Waals surface area contributed by atoms with Crippen LogP contribution in [0.5, 0.6) is 5.88 Å². The molecule has 0 aliphatic rings. The molecule has 90 valence electrons. The summed E-state index contributed by atoms with van der Waals surface area (Å²) in [7, 11) is 3.20. The third kappa shape index (κ3) is 3.54. The SMILES string of the molecule is COc1cc(NCC(C)(C)OC)nc(N)n1. The summed E-state index contributed by atoms with van der Waals surface area (Å²) in [4.78, 5) is 7.93. The highest BCUT2D eigenvalue weighted by molar-refractivity contribution is 5.42. The average Bonchev–Trinajstić information content (AvgIpc) is 2.26. The standard InChI is InChI=1S/C10H18N4O2/c1-10(2,16-4)6-12-7-5-8(15-3)14-9(11)13-7/h5H,6H2,1-4H3,(H3,11,12,13,14). The van der Waals surface area contributed by atoms with Crippen LogP contribution in [-0.2, 0) is 4.74 Å². The highest BCUT2D eigenvalue weighted by Gasteiger charge is 2.16. The maximum absolute atomic E-state index is 5.53. The van der Waals surface area contributed by atoms with E-state index in [0.29, 0.717) is 18.2 Å². The van der Waals surface area contributed by atoms with Gasteiger partial charge in [0.25, 0.3) is 0 Å². The predicted molar refractivity (Wildman–Crippen MR) is 62.6 cm³/mol. The van der Waals surface area contributed by atoms with Gasteiger partial charge in [-0.2, -0.15) is 9.97 Å². The Morgan fingerprint density at radius 3 is 2.62 bits per heavy atom. The van der Waals surface area contributed by atoms with E-state index in [1.165, 1.54) is 7.11 Å². The molecule has 3 N–H and O–H groups in total. The third-order valence-corrected chi connectivity index (χ3v) is 2.18. The van der Waals surface area contributed by atoms with Crippen molar-refractivity contribution in [3.63, 3.8) is 0 Å². The lowest BCUT2D eigenvalue weighted by Gasteiger charge is -2.23. The van der Waals surface area contributed by atoms with Gasteiger partial charge in [-0.25, -0.2) is 0 Å². The second-order valence-corrected chi connectivity index (χ2v) is 3.97. The minimum absolute atomic E-state index is 0.178. The molecule has 0 fully saturated rings. The van der Waals surface area contributed by atoms with Crippen molar-refractivity contribution in [1.82, 2.24) is 9.97 Å². The zero-order chi connectivity index (χ0) is 12.2. The number of anilines is 2. The Kier molecular flexibility index (Phi) is 3.89. The minimum Gasteiger partial charge on any atom is -0.481 e. The number of nitrogens with zero attached hydrogens (tertiary/aromatic N) is 2. The molecule has 16 heavy (non-hydrogen) atoms. The van der Waals surface area contributed by atoms with Crippen LogP contribution >= 0.6 is 0 Å². The van der Waals surface area contributed by atoms with E-state index in [0.717, 1.165) is 0 Å². The van der Waals surface area contributed by atoms with Crippen LogP contribution in [0.4, 0.5) is 11.8 Å². The fourth-order valence-electron chi connectivity index (χ4n) is 1.01. The molecule has 0 atom stereocenters. The Bertz CT molecular complexity index is 355. The van der Waals surface area contributed by atoms with Gasteiger partial charge in [0.05, 0.1) is 12.7 Å². The van der Waals surface area contributed by atoms with Crippen molar-refractivity contribution in [3.05, 3.63) is 6.07 Å². The molecule has 0 unspecified atom stereocenters. The summed E-state index contributed by atoms with van der Waals surface area (Å²) >= 11 is 0. The minimum atomic E-state index is -0.271. The van der Waals surface area contributed by atoms with Crippen LogP contribution in [0.25, 0.3) is 0 Å². The van der Waals surface area contributed by atoms with Gasteiger partial charge in [0.15, 0.2) is 0 Å². The first-order valence-electron chi connectivity index (χ1n) is 4.94. The molecule has 1 aromatic rings. The van der Waals surface area contributed by atoms with Crippen molar-refractivity contribution in [2.24, 2.45) is 0 Å². The zero-order valence-electron chi connectivity index (χ0n) is 10.1. The van der Waals surface area contributed by atoms with Crippen molar-refractivity contribution >= 4 is 11.8 Å². The average molecular weight is 226 g/mol. The van der Waals surface area contributed by atoms with Crippen molar-refractivity contribution in [2.45, 2.75) is 19.4 Å². The Morgan fingerprint density at radius 1 is 1.38 bits per heavy atom. The summed E-state index contributed by atoms with van der Waals surface area (Å²) in [6, 6.07) is 1.68. The molecule has 0 aliphatic carbocycles. The fraction of sp³-hybridized carbons (Fsp3) is 0.600. The smallest absolute Gasteiger partial charge is 0.225 e. The van der Waals surface area contributed by atoms with E-state index < -0.39 is 0 Å². The Hall–Kier alpha value is -1.56. The Balaban J connectivity index is 2.70. The van der Waals surface area contributed by atoms with E-state index in [-0.39, 0.29) is 11.5 Å². The molecule has 1 aromatic heterocycles. The van der Waals surface area contributed by atoms with Gasteiger partial charge in [-0.05, 0) is 13.8 Å². The molecular formula is C10H18N4O2. The van der Waals surface area contributed by atoms with Gasteiger partial charge in [-0.1, -0.05) is 0 Å². The second-order valence-electron chi connectivity index (χ2n) is 3.97. The van der Waals surface area contributed by atoms with Gasteiger partial charge < -0.3 is 20.5 Å². The van der Waals surface area contributed by atoms with E-state index in [2.05, 4.69) is 15.3 Å². The molecule has 6 nitrogen and oxygen atoms in total. The maximum atomic E-state index is 5.53. The first kappa shape index (κ1) is 12.5. The summed E-state index contributed by atoms with van der Waals surface area (Å²) in [5.74, 6) is 1.23. The van der Waals surface area contributed by atoms with Gasteiger partial charge in [0, 0.05) is 19.7 Å². The van der Waals surface area contributed by atoms with Crippen LogP contribution in [0.15, 0.2) is 6.07 Å². The van der Waals surface area contributed by atoms with Gasteiger partial charge >= 0.3 is 0 Å². The van der Waals surface area contributed by atoms with Crippen molar-refractivity contribution < 1.29 is 9.47 Å². The molecule has 0 amide bonds. The van der Waals surface area contributed by atoms with Crippen LogP contribution in [0.3, 0.4) is 0 Å². The summed E-state index contributed by atoms with van der Waals surface area (Å²) in [6.45, 7) is 4.56. The number of ether oxygens (including phenoxy) is 2. The van der Waals surface area contributed by atoms with Gasteiger partial charge in [0.2, 0.25) is 11.8 Å². The normalized spacial score (nSPS) is 11.2. The molecule has 0 saturated heterocycles. The number of rotatable bonds is 5. The maximum Gasteiger partial charge on any atom is 0.225 e. The van der Waals surface area contributed by atoms with E-state index >= 15 is 0 Å². The number of nitrogens with two attached hydrogens (primary N) is 1. The molecule has 0 aliphatic heterocycles. The van der Waals surface area contributed by atoms with Crippen molar-refractivity contribution in [3.8, 4) is 5.88 Å². The summed E-state index contributed by atoms with van der Waals surface area (Å²) < 4.78 is 10.3. The molecule has 0 spiro atoms. The van der Waals surface area contributed by atoms with Gasteiger partial charge in [-0.15, -0.1) is 0 Å². The van der Waals surface area contributed by atoms with Crippen LogP contribution in [-0.4, -0.2) is 36.3 Å². The highest BCUT2D eigenvalue weighted by atomic mass is 16.5. The quantitative estimate of drug-likeness (QED) is 0.776. The van der Waals surface area contributed by atoms with Crippen LogP contribution < -0.4 is 15.8 Å². The predicted octanol–water partition coefficient (Wildman–Crippen LogP) is 0.904. The Morgan fingerprint density at radius 2 is 2.06 bits per heavy atom. The molecule has 0 radical (unpaired) electrons. The summed E-state index contributed by atoms with van der Waals surface area (Å²) in [6.07, 6.45) is 0. The van der Waals surface area contributed by atoms with Crippen LogP contribution in [0.2, 0.25) is 0 Å². The second kappa shape index (κ2) is 4.98. The molecule has 6 heteroatoms. The lowest BCUT2D eigenvalue weighted by atomic mass is 10.1. The fourth-order valence-corrected chi connectivity index (χ4v) is 1.01. The molecule has 1 heterocycles. The molecular weight excluding hydrogens is 208 g/mol. The van der Waals surface area contributed by atoms with Gasteiger partial charge in [-0.3, -0.25) is 0 Å². The molecule has 0 aromatic carbocycles. The largest absolute Gasteiger partial charge is 0.481 e. The third-order valence-electron chi connectivity index (χ3n) is 2.18. The topological polar surface area (TPSA) is 82.3 Å². The lowest BCUT2D eigenvalue weighted by molar-refractivity contribution is 0.0343. The molecule has 0 bridgehead atoms. The first-order valence-corrected chi connectivity index (χ1v) is 4.94. The van der Waals surface area contributed by atoms with Gasteiger partial charge in [0.1, 0.15) is 5.82 Å². The summed E-state index contributed by atoms with van der Waals surface area (Å²) in [5.41, 5.74) is 5.26. The van der Waals surface area contributed by atoms with Crippen LogP contribution in [0, 0.1) is 0 Å². The molecule has 1 rings (SSSR count). The number of hydrogen-bond acceptors (Lipinski definition) is 6. The number of hydrogen-bond donors (Lipinski definition) is 2. The van der Waals surface area contributed by atoms with E-state index in [1.807, 2.05) is 13.8 Å². The molecule has 0 saturated carbocycles. The zero-order valence-corrected chi connectivity index (χ0v) is 10.1.